The quantitative estimate of drug-likeness (QED) is 0.0550. The van der Waals surface area contributed by atoms with Crippen molar-refractivity contribution in [2.24, 2.45) is 27.9 Å². The lowest BCUT2D eigenvalue weighted by Gasteiger charge is -2.44. The van der Waals surface area contributed by atoms with Gasteiger partial charge in [0.2, 0.25) is 17.7 Å². The van der Waals surface area contributed by atoms with Crippen LogP contribution < -0.4 is 49.5 Å². The molecule has 0 aliphatic carbocycles. The Hall–Kier alpha value is -3.46. The molecule has 18 N–H and O–H groups in total. The average molecular weight is 729 g/mol. The van der Waals surface area contributed by atoms with Gasteiger partial charge in [-0.2, -0.15) is 8.42 Å². The summed E-state index contributed by atoms with van der Waals surface area (Å²) < 4.78 is 42.4. The maximum Gasteiger partial charge on any atom is 0.404 e. The first-order valence-corrected chi connectivity index (χ1v) is 16.8. The molecule has 23 nitrogen and oxygen atoms in total. The van der Waals surface area contributed by atoms with Crippen LogP contribution >= 0.6 is 0 Å². The zero-order valence-corrected chi connectivity index (χ0v) is 27.3. The normalized spacial score (nSPS) is 29.0. The number of aliphatic hydroxyl groups is 3. The van der Waals surface area contributed by atoms with Crippen molar-refractivity contribution in [3.05, 3.63) is 0 Å². The first-order chi connectivity index (χ1) is 22.9. The second-order valence-electron chi connectivity index (χ2n) is 11.6. The summed E-state index contributed by atoms with van der Waals surface area (Å²) in [6.45, 7) is 0.203. The summed E-state index contributed by atoms with van der Waals surface area (Å²) in [5.41, 5.74) is 22.6. The van der Waals surface area contributed by atoms with Gasteiger partial charge in [0.15, 0.2) is 24.3 Å². The number of carbonyl (C=O) groups excluding carboxylic acids is 4. The lowest BCUT2D eigenvalue weighted by molar-refractivity contribution is -0.198. The molecule has 0 aromatic carbocycles. The van der Waals surface area contributed by atoms with E-state index >= 15 is 0 Å². The van der Waals surface area contributed by atoms with Crippen LogP contribution in [0.2, 0.25) is 0 Å². The Labute approximate surface area is 281 Å². The summed E-state index contributed by atoms with van der Waals surface area (Å²) in [5, 5.41) is 44.9. The van der Waals surface area contributed by atoms with E-state index in [4.69, 9.17) is 49.9 Å². The van der Waals surface area contributed by atoms with Crippen molar-refractivity contribution in [3.8, 4) is 0 Å². The van der Waals surface area contributed by atoms with Crippen LogP contribution in [0.4, 0.5) is 4.79 Å². The highest BCUT2D eigenvalue weighted by molar-refractivity contribution is 7.79. The van der Waals surface area contributed by atoms with Crippen molar-refractivity contribution in [1.82, 2.24) is 26.6 Å². The minimum Gasteiger partial charge on any atom is -0.441 e. The van der Waals surface area contributed by atoms with Gasteiger partial charge in [-0.05, 0) is 32.2 Å². The van der Waals surface area contributed by atoms with E-state index in [1.807, 2.05) is 0 Å². The molecule has 282 valence electrons. The van der Waals surface area contributed by atoms with E-state index < -0.39 is 89.7 Å². The summed E-state index contributed by atoms with van der Waals surface area (Å²) in [7, 11) is -4.67. The Morgan fingerprint density at radius 3 is 2.27 bits per heavy atom. The molecule has 0 radical (unpaired) electrons. The molecule has 3 aliphatic heterocycles. The van der Waals surface area contributed by atoms with E-state index in [1.165, 1.54) is 0 Å². The molecule has 2 fully saturated rings. The van der Waals surface area contributed by atoms with Crippen molar-refractivity contribution in [2.75, 3.05) is 26.2 Å². The molecular weight excluding hydrogens is 680 g/mol. The molecule has 0 bridgehead atoms. The van der Waals surface area contributed by atoms with Crippen LogP contribution in [0.3, 0.4) is 0 Å². The van der Waals surface area contributed by atoms with E-state index in [0.29, 0.717) is 32.4 Å². The molecule has 49 heavy (non-hydrogen) atoms. The van der Waals surface area contributed by atoms with Gasteiger partial charge >= 0.3 is 16.5 Å². The molecule has 3 heterocycles. The smallest absolute Gasteiger partial charge is 0.404 e. The number of rotatable bonds is 15. The fraction of sp³-hybridized carbons (Fsp3) is 0.800. The second-order valence-corrected chi connectivity index (χ2v) is 12.5. The molecule has 3 aliphatic rings. The number of fused-ring (bicyclic) bond motifs is 1. The van der Waals surface area contributed by atoms with Crippen LogP contribution in [0, 0.1) is 0 Å². The molecule has 24 heteroatoms. The third-order valence-corrected chi connectivity index (χ3v) is 7.59. The Bertz CT molecular complexity index is 1250. The Balaban J connectivity index is 0.00000155. The van der Waals surface area contributed by atoms with E-state index in [-0.39, 0.29) is 37.3 Å². The Morgan fingerprint density at radius 2 is 1.69 bits per heavy atom. The number of hydrogen-bond donors (Lipinski definition) is 14. The summed E-state index contributed by atoms with van der Waals surface area (Å²) >= 11 is 0. The van der Waals surface area contributed by atoms with Gasteiger partial charge in [-0.15, -0.1) is 0 Å². The molecule has 10 atom stereocenters. The van der Waals surface area contributed by atoms with E-state index in [9.17, 15) is 34.5 Å². The number of amides is 4. The number of guanidine groups is 1. The minimum absolute atomic E-state index is 0.0296. The molecule has 10 unspecified atom stereocenters. The second kappa shape index (κ2) is 19.7. The van der Waals surface area contributed by atoms with Crippen molar-refractivity contribution < 1.29 is 61.5 Å². The summed E-state index contributed by atoms with van der Waals surface area (Å²) in [5.74, 6) is -1.12. The SMILES string of the molecule is NCCCC(N)CC(=O)NCCCC(N)CC(=O)NC1C(NC2=NC3C(=O)NCC(O)C3N2)OC(CO)C(OC(N)=O)C1O.O=S(=O)(O)O. The van der Waals surface area contributed by atoms with Crippen LogP contribution in [0.25, 0.3) is 0 Å². The summed E-state index contributed by atoms with van der Waals surface area (Å²) in [6.07, 6.45) is -5.37. The largest absolute Gasteiger partial charge is 0.441 e. The number of carbonyl (C=O) groups is 4. The predicted octanol–water partition coefficient (Wildman–Crippen LogP) is -6.79. The zero-order valence-electron chi connectivity index (χ0n) is 26.5. The summed E-state index contributed by atoms with van der Waals surface area (Å²) in [4.78, 5) is 52.9. The highest BCUT2D eigenvalue weighted by atomic mass is 32.3. The number of hydrogen-bond acceptors (Lipinski definition) is 17. The maximum absolute atomic E-state index is 13.0. The van der Waals surface area contributed by atoms with Crippen LogP contribution in [0.5, 0.6) is 0 Å². The lowest BCUT2D eigenvalue weighted by atomic mass is 9.95. The molecule has 0 saturated carbocycles. The average Bonchev–Trinajstić information content (AvgIpc) is 3.43. The van der Waals surface area contributed by atoms with Gasteiger partial charge in [-0.25, -0.2) is 9.79 Å². The zero-order chi connectivity index (χ0) is 36.9. The molecule has 3 rings (SSSR count). The van der Waals surface area contributed by atoms with Gasteiger partial charge in [0.05, 0.1) is 18.8 Å². The van der Waals surface area contributed by atoms with Gasteiger partial charge < -0.3 is 74.3 Å². The minimum atomic E-state index is -4.67. The van der Waals surface area contributed by atoms with Crippen molar-refractivity contribution >= 4 is 40.2 Å². The lowest BCUT2D eigenvalue weighted by Crippen LogP contribution is -2.70. The number of nitrogens with one attached hydrogen (secondary N) is 5. The van der Waals surface area contributed by atoms with Gasteiger partial charge in [0, 0.05) is 38.0 Å². The highest BCUT2D eigenvalue weighted by Crippen LogP contribution is 2.24. The number of piperidine rings is 1. The molecule has 4 amide bonds. The first kappa shape index (κ1) is 41.7. The van der Waals surface area contributed by atoms with Crippen molar-refractivity contribution in [3.63, 3.8) is 0 Å². The monoisotopic (exact) mass is 728 g/mol. The number of ether oxygens (including phenoxy) is 2. The van der Waals surface area contributed by atoms with Crippen LogP contribution in [-0.4, -0.2) is 150 Å². The first-order valence-electron chi connectivity index (χ1n) is 15.4. The molecular formula is C25H48N10O13S. The molecule has 0 spiro atoms. The number of β-amino-alcohol motifs (C(OH)–C–C–N with tert-alkyl or cyclic N) is 1. The number of primary amides is 1. The van der Waals surface area contributed by atoms with Crippen LogP contribution in [0.15, 0.2) is 4.99 Å². The molecule has 2 saturated heterocycles. The standard InChI is InChI=1S/C25H46N10O9.H2O4S/c26-5-1-3-11(27)7-15(38)30-6-2-4-12(28)8-16(39)32-19-20(40)21(44-24(29)42)14(10-36)43-23(19)35-25-33-17-13(37)9-31-22(41)18(17)34-25;1-5(2,3)4/h11-14,17-21,23,36-37,40H,1-10,26-28H2,(H2,29,42)(H,30,38)(H,31,41)(H,32,39)(H2,33,34,35);(H2,1,2,3,4). The number of nitrogens with two attached hydrogens (primary N) is 4. The third kappa shape index (κ3) is 14.5. The third-order valence-electron chi connectivity index (χ3n) is 7.59. The Kier molecular flexibility index (Phi) is 16.7. The topological polar surface area (TPSA) is 399 Å². The van der Waals surface area contributed by atoms with E-state index in [1.54, 1.807) is 0 Å². The van der Waals surface area contributed by atoms with Crippen molar-refractivity contribution in [1.29, 1.82) is 0 Å². The van der Waals surface area contributed by atoms with Gasteiger partial charge in [-0.3, -0.25) is 23.5 Å². The van der Waals surface area contributed by atoms with Crippen LogP contribution in [-0.2, 0) is 34.3 Å². The number of nitrogens with zero attached hydrogens (tertiary/aromatic N) is 1. The predicted molar refractivity (Wildman–Crippen MR) is 168 cm³/mol. The van der Waals surface area contributed by atoms with Gasteiger partial charge in [-0.1, -0.05) is 0 Å². The van der Waals surface area contributed by atoms with Gasteiger partial charge in [0.1, 0.15) is 18.2 Å². The number of aliphatic imine (C=N–C) groups is 1. The maximum atomic E-state index is 13.0. The Morgan fingerprint density at radius 1 is 1.08 bits per heavy atom. The fourth-order valence-corrected chi connectivity index (χ4v) is 5.31. The van der Waals surface area contributed by atoms with Crippen LogP contribution in [0.1, 0.15) is 38.5 Å². The van der Waals surface area contributed by atoms with Crippen molar-refractivity contribution in [2.45, 2.75) is 99.4 Å². The summed E-state index contributed by atoms with van der Waals surface area (Å²) in [6, 6.07) is -3.79. The van der Waals surface area contributed by atoms with E-state index in [2.05, 4.69) is 31.6 Å². The number of aliphatic hydroxyl groups excluding tert-OH is 3. The highest BCUT2D eigenvalue weighted by Gasteiger charge is 2.49. The molecule has 0 aromatic rings. The van der Waals surface area contributed by atoms with E-state index in [0.717, 1.165) is 6.42 Å². The molecule has 0 aromatic heterocycles. The van der Waals surface area contributed by atoms with Gasteiger partial charge in [0.25, 0.3) is 0 Å². The fourth-order valence-electron chi connectivity index (χ4n) is 5.31.